The lowest BCUT2D eigenvalue weighted by Crippen LogP contribution is -2.27. The summed E-state index contributed by atoms with van der Waals surface area (Å²) in [6.45, 7) is 2.51. The van der Waals surface area contributed by atoms with Gasteiger partial charge in [-0.2, -0.15) is 0 Å². The van der Waals surface area contributed by atoms with E-state index in [0.29, 0.717) is 18.0 Å². The third-order valence-electron chi connectivity index (χ3n) is 2.17. The van der Waals surface area contributed by atoms with Crippen molar-refractivity contribution in [2.24, 2.45) is 0 Å². The Kier molecular flexibility index (Phi) is 5.64. The average molecular weight is 260 g/mol. The fraction of sp³-hybridized carbons (Fsp3) is 0.417. The number of benzene rings is 1. The number of halogens is 2. The van der Waals surface area contributed by atoms with E-state index in [4.69, 9.17) is 23.2 Å². The summed E-state index contributed by atoms with van der Waals surface area (Å²) in [4.78, 5) is 11.5. The number of rotatable bonds is 5. The summed E-state index contributed by atoms with van der Waals surface area (Å²) in [7, 11) is 0. The summed E-state index contributed by atoms with van der Waals surface area (Å²) in [5.41, 5.74) is 0.848. The van der Waals surface area contributed by atoms with E-state index in [2.05, 4.69) is 5.32 Å². The molecule has 0 spiro atoms. The number of carbonyl (C=O) groups is 1. The van der Waals surface area contributed by atoms with Gasteiger partial charge < -0.3 is 5.32 Å². The average Bonchev–Trinajstić information content (AvgIpc) is 2.21. The largest absolute Gasteiger partial charge is 0.356 e. The van der Waals surface area contributed by atoms with Crippen LogP contribution in [0.5, 0.6) is 0 Å². The molecule has 16 heavy (non-hydrogen) atoms. The second-order valence-electron chi connectivity index (χ2n) is 3.69. The van der Waals surface area contributed by atoms with Gasteiger partial charge in [-0.1, -0.05) is 29.8 Å². The zero-order valence-corrected chi connectivity index (χ0v) is 10.7. The lowest BCUT2D eigenvalue weighted by molar-refractivity contribution is -0.120. The van der Waals surface area contributed by atoms with Crippen LogP contribution in [-0.2, 0) is 11.2 Å². The third-order valence-corrected chi connectivity index (χ3v) is 2.76. The molecule has 1 amide bonds. The molecule has 1 aromatic rings. The van der Waals surface area contributed by atoms with E-state index in [9.17, 15) is 4.79 Å². The minimum atomic E-state index is -0.0228. The molecule has 1 atom stereocenters. The van der Waals surface area contributed by atoms with E-state index in [1.54, 1.807) is 6.07 Å². The Hall–Kier alpha value is -0.730. The van der Waals surface area contributed by atoms with E-state index in [1.807, 2.05) is 25.1 Å². The molecule has 1 aromatic carbocycles. The van der Waals surface area contributed by atoms with Crippen LogP contribution in [0.15, 0.2) is 24.3 Å². The highest BCUT2D eigenvalue weighted by Gasteiger charge is 2.06. The van der Waals surface area contributed by atoms with Crippen molar-refractivity contribution in [1.82, 2.24) is 5.32 Å². The van der Waals surface area contributed by atoms with Gasteiger partial charge in [0.05, 0.1) is 6.42 Å². The Balaban J connectivity index is 2.37. The maximum atomic E-state index is 11.5. The maximum Gasteiger partial charge on any atom is 0.224 e. The number of carbonyl (C=O) groups excluding carboxylic acids is 1. The van der Waals surface area contributed by atoms with Crippen LogP contribution in [0.25, 0.3) is 0 Å². The molecule has 0 saturated heterocycles. The number of alkyl halides is 1. The van der Waals surface area contributed by atoms with E-state index >= 15 is 0 Å². The van der Waals surface area contributed by atoms with Crippen molar-refractivity contribution >= 4 is 29.1 Å². The number of hydrogen-bond acceptors (Lipinski definition) is 1. The quantitative estimate of drug-likeness (QED) is 0.810. The Morgan fingerprint density at radius 1 is 1.44 bits per heavy atom. The summed E-state index contributed by atoms with van der Waals surface area (Å²) in [6, 6.07) is 7.35. The van der Waals surface area contributed by atoms with Gasteiger partial charge in [0.2, 0.25) is 5.91 Å². The summed E-state index contributed by atoms with van der Waals surface area (Å²) < 4.78 is 0. The van der Waals surface area contributed by atoms with Gasteiger partial charge >= 0.3 is 0 Å². The van der Waals surface area contributed by atoms with Crippen LogP contribution < -0.4 is 5.32 Å². The van der Waals surface area contributed by atoms with Gasteiger partial charge in [0, 0.05) is 16.9 Å². The lowest BCUT2D eigenvalue weighted by Gasteiger charge is -2.07. The maximum absolute atomic E-state index is 11.5. The molecule has 0 aliphatic carbocycles. The molecule has 88 valence electrons. The molecule has 1 rings (SSSR count). The van der Waals surface area contributed by atoms with Crippen molar-refractivity contribution in [2.75, 3.05) is 6.54 Å². The van der Waals surface area contributed by atoms with Crippen molar-refractivity contribution in [3.63, 3.8) is 0 Å². The summed E-state index contributed by atoms with van der Waals surface area (Å²) in [5, 5.41) is 3.52. The summed E-state index contributed by atoms with van der Waals surface area (Å²) in [5.74, 6) is -0.0228. The van der Waals surface area contributed by atoms with E-state index in [1.165, 1.54) is 0 Å². The minimum absolute atomic E-state index is 0.0228. The molecule has 0 fully saturated rings. The van der Waals surface area contributed by atoms with Crippen LogP contribution in [0.2, 0.25) is 5.02 Å². The van der Waals surface area contributed by atoms with Crippen LogP contribution in [0.3, 0.4) is 0 Å². The number of amides is 1. The zero-order valence-electron chi connectivity index (χ0n) is 9.17. The van der Waals surface area contributed by atoms with Crippen LogP contribution >= 0.6 is 23.2 Å². The van der Waals surface area contributed by atoms with Crippen molar-refractivity contribution in [2.45, 2.75) is 25.1 Å². The molecule has 0 radical (unpaired) electrons. The first kappa shape index (κ1) is 13.3. The predicted molar refractivity (Wildman–Crippen MR) is 68.1 cm³/mol. The highest BCUT2D eigenvalue weighted by Crippen LogP contribution is 2.15. The Morgan fingerprint density at radius 3 is 2.75 bits per heavy atom. The van der Waals surface area contributed by atoms with Gasteiger partial charge in [0.1, 0.15) is 0 Å². The molecule has 4 heteroatoms. The summed E-state index contributed by atoms with van der Waals surface area (Å²) in [6.07, 6.45) is 1.09. The Labute approximate surface area is 106 Å². The molecule has 0 aliphatic heterocycles. The SMILES string of the molecule is CC(Cl)CCNC(=O)Cc1ccccc1Cl. The van der Waals surface area contributed by atoms with Gasteiger partial charge in [0.25, 0.3) is 0 Å². The van der Waals surface area contributed by atoms with Gasteiger partial charge in [-0.3, -0.25) is 4.79 Å². The molecule has 0 saturated carbocycles. The first-order chi connectivity index (χ1) is 7.59. The molecule has 0 aromatic heterocycles. The minimum Gasteiger partial charge on any atom is -0.356 e. The van der Waals surface area contributed by atoms with Crippen molar-refractivity contribution < 1.29 is 4.79 Å². The molecule has 2 nitrogen and oxygen atoms in total. The molecule has 0 heterocycles. The Bertz CT molecular complexity index is 353. The smallest absolute Gasteiger partial charge is 0.224 e. The zero-order chi connectivity index (χ0) is 12.0. The molecular formula is C12H15Cl2NO. The molecule has 1 N–H and O–H groups in total. The summed E-state index contributed by atoms with van der Waals surface area (Å²) >= 11 is 11.7. The van der Waals surface area contributed by atoms with E-state index in [0.717, 1.165) is 12.0 Å². The monoisotopic (exact) mass is 259 g/mol. The topological polar surface area (TPSA) is 29.1 Å². The predicted octanol–water partition coefficient (Wildman–Crippen LogP) is 3.02. The van der Waals surface area contributed by atoms with Crippen LogP contribution in [0.4, 0.5) is 0 Å². The number of nitrogens with one attached hydrogen (secondary N) is 1. The van der Waals surface area contributed by atoms with Crippen LogP contribution in [-0.4, -0.2) is 17.8 Å². The first-order valence-corrected chi connectivity index (χ1v) is 6.05. The van der Waals surface area contributed by atoms with Gasteiger partial charge in [-0.05, 0) is 25.0 Å². The third kappa shape index (κ3) is 4.86. The fourth-order valence-electron chi connectivity index (χ4n) is 1.29. The fourth-order valence-corrected chi connectivity index (χ4v) is 1.60. The second-order valence-corrected chi connectivity index (χ2v) is 4.84. The molecule has 0 aliphatic rings. The van der Waals surface area contributed by atoms with Crippen molar-refractivity contribution in [1.29, 1.82) is 0 Å². The normalized spacial score (nSPS) is 12.2. The van der Waals surface area contributed by atoms with Crippen LogP contribution in [0, 0.1) is 0 Å². The number of hydrogen-bond donors (Lipinski definition) is 1. The molecule has 0 bridgehead atoms. The van der Waals surface area contributed by atoms with E-state index in [-0.39, 0.29) is 11.3 Å². The van der Waals surface area contributed by atoms with E-state index < -0.39 is 0 Å². The standard InChI is InChI=1S/C12H15Cl2NO/c1-9(13)6-7-15-12(16)8-10-4-2-3-5-11(10)14/h2-5,9H,6-8H2,1H3,(H,15,16). The van der Waals surface area contributed by atoms with Gasteiger partial charge in [-0.25, -0.2) is 0 Å². The Morgan fingerprint density at radius 2 is 2.12 bits per heavy atom. The highest BCUT2D eigenvalue weighted by atomic mass is 35.5. The van der Waals surface area contributed by atoms with Crippen molar-refractivity contribution in [3.8, 4) is 0 Å². The highest BCUT2D eigenvalue weighted by molar-refractivity contribution is 6.31. The molecule has 1 unspecified atom stereocenters. The van der Waals surface area contributed by atoms with Crippen molar-refractivity contribution in [3.05, 3.63) is 34.9 Å². The lowest BCUT2D eigenvalue weighted by atomic mass is 10.1. The van der Waals surface area contributed by atoms with Gasteiger partial charge in [-0.15, -0.1) is 11.6 Å². The van der Waals surface area contributed by atoms with Crippen LogP contribution in [0.1, 0.15) is 18.9 Å². The second kappa shape index (κ2) is 6.77. The van der Waals surface area contributed by atoms with Gasteiger partial charge in [0.15, 0.2) is 0 Å². The first-order valence-electron chi connectivity index (χ1n) is 5.23. The molecular weight excluding hydrogens is 245 g/mol.